The van der Waals surface area contributed by atoms with E-state index in [2.05, 4.69) is 44.7 Å². The van der Waals surface area contributed by atoms with Crippen LogP contribution in [0.4, 0.5) is 11.5 Å². The van der Waals surface area contributed by atoms with E-state index in [-0.39, 0.29) is 6.04 Å². The maximum atomic E-state index is 5.86. The lowest BCUT2D eigenvalue weighted by Gasteiger charge is -2.28. The van der Waals surface area contributed by atoms with Crippen molar-refractivity contribution in [1.82, 2.24) is 19.9 Å². The number of nitrogens with one attached hydrogen (secondary N) is 1. The molecule has 3 aromatic rings. The zero-order valence-electron chi connectivity index (χ0n) is 12.1. The van der Waals surface area contributed by atoms with Crippen LogP contribution in [0.3, 0.4) is 0 Å². The van der Waals surface area contributed by atoms with Crippen molar-refractivity contribution in [3.8, 4) is 0 Å². The van der Waals surface area contributed by atoms with Gasteiger partial charge in [-0.1, -0.05) is 12.1 Å². The van der Waals surface area contributed by atoms with E-state index >= 15 is 0 Å². The van der Waals surface area contributed by atoms with Gasteiger partial charge in [-0.25, -0.2) is 15.0 Å². The SMILES string of the molecule is CC(C)N(Cc1cccc(N)c1)c1ncnc2nc[nH]c12. The van der Waals surface area contributed by atoms with Crippen LogP contribution in [0.2, 0.25) is 0 Å². The molecule has 0 amide bonds. The van der Waals surface area contributed by atoms with Crippen LogP contribution in [0.15, 0.2) is 36.9 Å². The zero-order valence-corrected chi connectivity index (χ0v) is 12.1. The zero-order chi connectivity index (χ0) is 14.8. The molecule has 0 aliphatic carbocycles. The molecule has 0 atom stereocenters. The molecule has 0 fully saturated rings. The van der Waals surface area contributed by atoms with Crippen molar-refractivity contribution in [2.24, 2.45) is 0 Å². The smallest absolute Gasteiger partial charge is 0.182 e. The summed E-state index contributed by atoms with van der Waals surface area (Å²) in [5, 5.41) is 0. The van der Waals surface area contributed by atoms with Crippen molar-refractivity contribution >= 4 is 22.7 Å². The molecular formula is C15H18N6. The Kier molecular flexibility index (Phi) is 3.43. The molecule has 2 heterocycles. The number of fused-ring (bicyclic) bond motifs is 1. The fourth-order valence-electron chi connectivity index (χ4n) is 2.36. The van der Waals surface area contributed by atoms with Crippen LogP contribution >= 0.6 is 0 Å². The number of nitrogens with two attached hydrogens (primary N) is 1. The standard InChI is InChI=1S/C15H18N6/c1-10(2)21(7-11-4-3-5-12(16)6-11)15-13-14(18-8-17-13)19-9-20-15/h3-6,8-10H,7,16H2,1-2H3,(H,17,18,19,20). The third-order valence-electron chi connectivity index (χ3n) is 3.40. The minimum absolute atomic E-state index is 0.285. The number of hydrogen-bond acceptors (Lipinski definition) is 5. The number of hydrogen-bond donors (Lipinski definition) is 2. The molecule has 1 aromatic carbocycles. The lowest BCUT2D eigenvalue weighted by molar-refractivity contribution is 0.674. The van der Waals surface area contributed by atoms with Crippen LogP contribution in [0.25, 0.3) is 11.2 Å². The number of nitrogens with zero attached hydrogens (tertiary/aromatic N) is 4. The molecule has 0 spiro atoms. The fourth-order valence-corrected chi connectivity index (χ4v) is 2.36. The summed E-state index contributed by atoms with van der Waals surface area (Å²) in [6, 6.07) is 8.20. The van der Waals surface area contributed by atoms with E-state index in [9.17, 15) is 0 Å². The Morgan fingerprint density at radius 2 is 2.10 bits per heavy atom. The Bertz CT molecular complexity index is 749. The first-order valence-corrected chi connectivity index (χ1v) is 6.90. The van der Waals surface area contributed by atoms with E-state index in [4.69, 9.17) is 5.73 Å². The van der Waals surface area contributed by atoms with Crippen LogP contribution in [0, 0.1) is 0 Å². The molecule has 0 radical (unpaired) electrons. The molecule has 3 N–H and O–H groups in total. The van der Waals surface area contributed by atoms with E-state index in [0.29, 0.717) is 5.65 Å². The van der Waals surface area contributed by atoms with E-state index in [1.165, 1.54) is 0 Å². The van der Waals surface area contributed by atoms with Crippen molar-refractivity contribution < 1.29 is 0 Å². The average molecular weight is 282 g/mol. The summed E-state index contributed by atoms with van der Waals surface area (Å²) >= 11 is 0. The second-order valence-electron chi connectivity index (χ2n) is 5.27. The third kappa shape index (κ3) is 2.65. The predicted molar refractivity (Wildman–Crippen MR) is 83.9 cm³/mol. The van der Waals surface area contributed by atoms with Gasteiger partial charge in [0.25, 0.3) is 0 Å². The highest BCUT2D eigenvalue weighted by molar-refractivity contribution is 5.82. The summed E-state index contributed by atoms with van der Waals surface area (Å²) in [5.41, 5.74) is 9.32. The van der Waals surface area contributed by atoms with Gasteiger partial charge in [-0.2, -0.15) is 0 Å². The lowest BCUT2D eigenvalue weighted by atomic mass is 10.1. The Morgan fingerprint density at radius 3 is 2.86 bits per heavy atom. The molecule has 0 saturated heterocycles. The summed E-state index contributed by atoms with van der Waals surface area (Å²) in [6.45, 7) is 5.00. The first kappa shape index (κ1) is 13.4. The van der Waals surface area contributed by atoms with Gasteiger partial charge < -0.3 is 15.6 Å². The number of H-pyrrole nitrogens is 1. The molecule has 0 aliphatic heterocycles. The highest BCUT2D eigenvalue weighted by atomic mass is 15.2. The van der Waals surface area contributed by atoms with Crippen LogP contribution in [-0.4, -0.2) is 26.0 Å². The fraction of sp³-hybridized carbons (Fsp3) is 0.267. The monoisotopic (exact) mass is 282 g/mol. The molecule has 0 saturated carbocycles. The Morgan fingerprint density at radius 1 is 1.24 bits per heavy atom. The number of benzene rings is 1. The number of rotatable bonds is 4. The number of aromatic amines is 1. The van der Waals surface area contributed by atoms with Crippen molar-refractivity contribution in [3.05, 3.63) is 42.5 Å². The summed E-state index contributed by atoms with van der Waals surface area (Å²) in [4.78, 5) is 18.1. The van der Waals surface area contributed by atoms with Crippen LogP contribution in [-0.2, 0) is 6.54 Å². The molecule has 0 unspecified atom stereocenters. The largest absolute Gasteiger partial charge is 0.399 e. The van der Waals surface area contributed by atoms with E-state index in [1.807, 2.05) is 18.2 Å². The summed E-state index contributed by atoms with van der Waals surface area (Å²) in [6.07, 6.45) is 3.19. The molecule has 0 aliphatic rings. The van der Waals surface area contributed by atoms with Gasteiger partial charge in [0.05, 0.1) is 6.33 Å². The Balaban J connectivity index is 2.00. The molecule has 0 bridgehead atoms. The van der Waals surface area contributed by atoms with Crippen molar-refractivity contribution in [1.29, 1.82) is 0 Å². The maximum absolute atomic E-state index is 5.86. The summed E-state index contributed by atoms with van der Waals surface area (Å²) in [5.74, 6) is 0.856. The van der Waals surface area contributed by atoms with Crippen LogP contribution < -0.4 is 10.6 Å². The number of nitrogen functional groups attached to an aromatic ring is 1. The maximum Gasteiger partial charge on any atom is 0.182 e. The molecular weight excluding hydrogens is 264 g/mol. The quantitative estimate of drug-likeness (QED) is 0.718. The molecule has 3 rings (SSSR count). The van der Waals surface area contributed by atoms with E-state index in [0.717, 1.165) is 29.1 Å². The van der Waals surface area contributed by atoms with Gasteiger partial charge in [-0.3, -0.25) is 0 Å². The molecule has 21 heavy (non-hydrogen) atoms. The Hall–Kier alpha value is -2.63. The van der Waals surface area contributed by atoms with Gasteiger partial charge in [-0.05, 0) is 31.5 Å². The van der Waals surface area contributed by atoms with E-state index < -0.39 is 0 Å². The summed E-state index contributed by atoms with van der Waals surface area (Å²) < 4.78 is 0. The van der Waals surface area contributed by atoms with Crippen molar-refractivity contribution in [3.63, 3.8) is 0 Å². The number of anilines is 2. The first-order chi connectivity index (χ1) is 10.1. The second-order valence-corrected chi connectivity index (χ2v) is 5.27. The highest BCUT2D eigenvalue weighted by Gasteiger charge is 2.17. The van der Waals surface area contributed by atoms with Crippen LogP contribution in [0.5, 0.6) is 0 Å². The normalized spacial score (nSPS) is 11.2. The molecule has 2 aromatic heterocycles. The highest BCUT2D eigenvalue weighted by Crippen LogP contribution is 2.24. The minimum Gasteiger partial charge on any atom is -0.399 e. The lowest BCUT2D eigenvalue weighted by Crippen LogP contribution is -2.31. The minimum atomic E-state index is 0.285. The summed E-state index contributed by atoms with van der Waals surface area (Å²) in [7, 11) is 0. The van der Waals surface area contributed by atoms with Crippen molar-refractivity contribution in [2.45, 2.75) is 26.4 Å². The number of imidazole rings is 1. The average Bonchev–Trinajstić information content (AvgIpc) is 2.93. The Labute approximate surface area is 123 Å². The van der Waals surface area contributed by atoms with Crippen molar-refractivity contribution in [2.75, 3.05) is 10.6 Å². The van der Waals surface area contributed by atoms with E-state index in [1.54, 1.807) is 12.7 Å². The molecule has 108 valence electrons. The van der Waals surface area contributed by atoms with Gasteiger partial charge in [0.2, 0.25) is 0 Å². The van der Waals surface area contributed by atoms with Gasteiger partial charge in [-0.15, -0.1) is 0 Å². The van der Waals surface area contributed by atoms with Gasteiger partial charge >= 0.3 is 0 Å². The van der Waals surface area contributed by atoms with Gasteiger partial charge in [0, 0.05) is 18.3 Å². The first-order valence-electron chi connectivity index (χ1n) is 6.90. The number of aromatic nitrogens is 4. The third-order valence-corrected chi connectivity index (χ3v) is 3.40. The van der Waals surface area contributed by atoms with Crippen LogP contribution in [0.1, 0.15) is 19.4 Å². The molecule has 6 heteroatoms. The second kappa shape index (κ2) is 5.40. The van der Waals surface area contributed by atoms with Gasteiger partial charge in [0.1, 0.15) is 11.8 Å². The van der Waals surface area contributed by atoms with Gasteiger partial charge in [0.15, 0.2) is 11.5 Å². The molecule has 6 nitrogen and oxygen atoms in total. The predicted octanol–water partition coefficient (Wildman–Crippen LogP) is 2.35. The topological polar surface area (TPSA) is 83.7 Å².